The Morgan fingerprint density at radius 2 is 1.80 bits per heavy atom. The predicted molar refractivity (Wildman–Crippen MR) is 104 cm³/mol. The Balaban J connectivity index is 3.23. The average molecular weight is 361 g/mol. The van der Waals surface area contributed by atoms with Crippen LogP contribution >= 0.6 is 0 Å². The van der Waals surface area contributed by atoms with Gasteiger partial charge in [0.2, 0.25) is 8.32 Å². The quantitative estimate of drug-likeness (QED) is 0.317. The van der Waals surface area contributed by atoms with E-state index < -0.39 is 14.3 Å². The third kappa shape index (κ3) is 6.01. The zero-order valence-corrected chi connectivity index (χ0v) is 17.2. The Kier molecular flexibility index (Phi) is 6.93. The average Bonchev–Trinajstić information content (AvgIpc) is 2.49. The largest absolute Gasteiger partial charge is 0.543 e. The molecule has 0 unspecified atom stereocenters. The molecule has 0 aliphatic carbocycles. The molecule has 0 aliphatic rings. The molecule has 1 aromatic rings. The van der Waals surface area contributed by atoms with Crippen LogP contribution in [0.15, 0.2) is 42.5 Å². The first kappa shape index (κ1) is 20.9. The Bertz CT molecular complexity index is 694. The van der Waals surface area contributed by atoms with Crippen molar-refractivity contribution in [1.29, 1.82) is 0 Å². The summed E-state index contributed by atoms with van der Waals surface area (Å²) in [7, 11) is -0.639. The number of benzene rings is 1. The maximum absolute atomic E-state index is 12.1. The van der Waals surface area contributed by atoms with Crippen molar-refractivity contribution < 1.29 is 18.8 Å². The molecule has 25 heavy (non-hydrogen) atoms. The van der Waals surface area contributed by atoms with Gasteiger partial charge in [0.25, 0.3) is 0 Å². The van der Waals surface area contributed by atoms with Gasteiger partial charge in [-0.25, -0.2) is 4.79 Å². The lowest BCUT2D eigenvalue weighted by atomic mass is 10.1. The lowest BCUT2D eigenvalue weighted by Crippen LogP contribution is -2.43. The molecular formula is C20H28O4Si. The first-order valence-electron chi connectivity index (χ1n) is 8.24. The fourth-order valence-corrected chi connectivity index (χ4v) is 2.87. The molecular weight excluding hydrogens is 332 g/mol. The molecule has 0 radical (unpaired) electrons. The molecule has 136 valence electrons. The van der Waals surface area contributed by atoms with Crippen LogP contribution in [0.2, 0.25) is 18.1 Å². The van der Waals surface area contributed by atoms with Gasteiger partial charge in [0.05, 0.1) is 12.7 Å². The highest BCUT2D eigenvalue weighted by Crippen LogP contribution is 2.37. The molecule has 0 spiro atoms. The lowest BCUT2D eigenvalue weighted by Gasteiger charge is -2.36. The molecule has 4 nitrogen and oxygen atoms in total. The molecule has 0 aliphatic heterocycles. The van der Waals surface area contributed by atoms with E-state index in [4.69, 9.17) is 9.16 Å². The molecule has 5 heteroatoms. The summed E-state index contributed by atoms with van der Waals surface area (Å²) in [6, 6.07) is 7.40. The monoisotopic (exact) mass is 360 g/mol. The van der Waals surface area contributed by atoms with Crippen molar-refractivity contribution in [3.63, 3.8) is 0 Å². The normalized spacial score (nSPS) is 13.0. The summed E-state index contributed by atoms with van der Waals surface area (Å²) in [6.07, 6.45) is 4.54. The Morgan fingerprint density at radius 1 is 1.16 bits per heavy atom. The van der Waals surface area contributed by atoms with Crippen LogP contribution in [0.25, 0.3) is 5.57 Å². The summed E-state index contributed by atoms with van der Waals surface area (Å²) >= 11 is 0. The van der Waals surface area contributed by atoms with Gasteiger partial charge in [-0.1, -0.05) is 39.0 Å². The van der Waals surface area contributed by atoms with Gasteiger partial charge in [0.1, 0.15) is 5.75 Å². The van der Waals surface area contributed by atoms with Gasteiger partial charge in [-0.3, -0.25) is 4.79 Å². The van der Waals surface area contributed by atoms with E-state index in [1.54, 1.807) is 12.2 Å². The molecule has 0 fully saturated rings. The number of hydrogen-bond acceptors (Lipinski definition) is 4. The van der Waals surface area contributed by atoms with Crippen molar-refractivity contribution in [2.24, 2.45) is 0 Å². The maximum Gasteiger partial charge on any atom is 0.338 e. The summed E-state index contributed by atoms with van der Waals surface area (Å²) in [4.78, 5) is 23.2. The molecule has 1 rings (SSSR count). The van der Waals surface area contributed by atoms with Gasteiger partial charge in [0, 0.05) is 0 Å². The summed E-state index contributed by atoms with van der Waals surface area (Å²) in [5.41, 5.74) is 1.07. The van der Waals surface area contributed by atoms with Crippen LogP contribution in [0.3, 0.4) is 0 Å². The van der Waals surface area contributed by atoms with Gasteiger partial charge in [-0.2, -0.15) is 0 Å². The Hall–Kier alpha value is -2.14. The van der Waals surface area contributed by atoms with Crippen LogP contribution < -0.4 is 4.43 Å². The van der Waals surface area contributed by atoms with Gasteiger partial charge in [-0.15, -0.1) is 0 Å². The van der Waals surface area contributed by atoms with Crippen LogP contribution in [0, 0.1) is 0 Å². The molecule has 0 atom stereocenters. The van der Waals surface area contributed by atoms with Crippen molar-refractivity contribution >= 4 is 25.6 Å². The molecule has 0 heterocycles. The fraction of sp³-hybridized carbons (Fsp3) is 0.400. The Labute approximate surface area is 151 Å². The van der Waals surface area contributed by atoms with Crippen molar-refractivity contribution in [1.82, 2.24) is 0 Å². The van der Waals surface area contributed by atoms with E-state index in [2.05, 4.69) is 33.9 Å². The number of ether oxygens (including phenoxy) is 1. The molecule has 0 bridgehead atoms. The lowest BCUT2D eigenvalue weighted by molar-refractivity contribution is -0.133. The number of allylic oxidation sites excluding steroid dienone is 3. The zero-order valence-electron chi connectivity index (χ0n) is 16.2. The molecule has 0 saturated carbocycles. The summed E-state index contributed by atoms with van der Waals surface area (Å²) in [6.45, 7) is 12.3. The fourth-order valence-electron chi connectivity index (χ4n) is 1.85. The number of esters is 1. The van der Waals surface area contributed by atoms with Crippen LogP contribution in [0.5, 0.6) is 5.75 Å². The van der Waals surface area contributed by atoms with Gasteiger partial charge in [-0.05, 0) is 54.9 Å². The van der Waals surface area contributed by atoms with Crippen LogP contribution in [0.4, 0.5) is 0 Å². The van der Waals surface area contributed by atoms with E-state index in [9.17, 15) is 9.59 Å². The number of carbonyl (C=O) groups excluding carboxylic acids is 2. The third-order valence-electron chi connectivity index (χ3n) is 4.32. The van der Waals surface area contributed by atoms with Crippen LogP contribution in [-0.2, 0) is 14.3 Å². The molecule has 0 saturated heterocycles. The van der Waals surface area contributed by atoms with E-state index in [0.29, 0.717) is 11.1 Å². The van der Waals surface area contributed by atoms with E-state index in [1.807, 2.05) is 24.3 Å². The topological polar surface area (TPSA) is 52.6 Å². The van der Waals surface area contributed by atoms with Crippen LogP contribution in [-0.4, -0.2) is 27.2 Å². The standard InChI is InChI=1S/C20H28O4Si/c1-15(21)10-8-13-18(19(22)23-5)16-11-9-12-17(14-16)24-25(6,7)20(2,3)4/h8-14H,1-7H3/b10-8-,18-13+. The van der Waals surface area contributed by atoms with Crippen molar-refractivity contribution in [2.45, 2.75) is 45.8 Å². The SMILES string of the molecule is COC(=O)/C(=C/C=C\C(C)=O)c1cccc(O[Si](C)(C)C(C)(C)C)c1. The first-order chi connectivity index (χ1) is 11.5. The summed E-state index contributed by atoms with van der Waals surface area (Å²) in [5.74, 6) is 0.183. The van der Waals surface area contributed by atoms with E-state index in [1.165, 1.54) is 20.1 Å². The number of carbonyl (C=O) groups is 2. The summed E-state index contributed by atoms with van der Waals surface area (Å²) in [5, 5.41) is 0.0776. The third-order valence-corrected chi connectivity index (χ3v) is 8.68. The number of methoxy groups -OCH3 is 1. The van der Waals surface area contributed by atoms with Gasteiger partial charge >= 0.3 is 5.97 Å². The second-order valence-electron chi connectivity index (χ2n) is 7.43. The highest BCUT2D eigenvalue weighted by atomic mass is 28.4. The smallest absolute Gasteiger partial charge is 0.338 e. The van der Waals surface area contributed by atoms with Crippen molar-refractivity contribution in [2.75, 3.05) is 7.11 Å². The molecule has 0 N–H and O–H groups in total. The number of ketones is 1. The second kappa shape index (κ2) is 8.29. The minimum absolute atomic E-state index is 0.0776. The molecule has 1 aromatic carbocycles. The minimum atomic E-state index is -1.97. The number of hydrogen-bond donors (Lipinski definition) is 0. The highest BCUT2D eigenvalue weighted by molar-refractivity contribution is 6.74. The van der Waals surface area contributed by atoms with Gasteiger partial charge < -0.3 is 9.16 Å². The van der Waals surface area contributed by atoms with Crippen molar-refractivity contribution in [3.8, 4) is 5.75 Å². The predicted octanol–water partition coefficient (Wildman–Crippen LogP) is 4.77. The second-order valence-corrected chi connectivity index (χ2v) is 12.2. The minimum Gasteiger partial charge on any atom is -0.543 e. The van der Waals surface area contributed by atoms with E-state index in [0.717, 1.165) is 5.75 Å². The molecule has 0 aromatic heterocycles. The number of rotatable bonds is 6. The van der Waals surface area contributed by atoms with E-state index in [-0.39, 0.29) is 10.8 Å². The maximum atomic E-state index is 12.1. The van der Waals surface area contributed by atoms with Crippen molar-refractivity contribution in [3.05, 3.63) is 48.1 Å². The molecule has 0 amide bonds. The Morgan fingerprint density at radius 3 is 2.32 bits per heavy atom. The highest BCUT2D eigenvalue weighted by Gasteiger charge is 2.39. The van der Waals surface area contributed by atoms with Gasteiger partial charge in [0.15, 0.2) is 5.78 Å². The van der Waals surface area contributed by atoms with E-state index >= 15 is 0 Å². The first-order valence-corrected chi connectivity index (χ1v) is 11.2. The van der Waals surface area contributed by atoms with Crippen LogP contribution in [0.1, 0.15) is 33.3 Å². The zero-order chi connectivity index (χ0) is 19.3. The summed E-state index contributed by atoms with van der Waals surface area (Å²) < 4.78 is 11.2.